The molecule has 2 heterocycles. The van der Waals surface area contributed by atoms with Gasteiger partial charge >= 0.3 is 6.36 Å². The first-order chi connectivity index (χ1) is 11.9. The molecule has 0 amide bonds. The minimum atomic E-state index is -4.67. The summed E-state index contributed by atoms with van der Waals surface area (Å²) in [5, 5.41) is 3.50. The summed E-state index contributed by atoms with van der Waals surface area (Å²) >= 11 is 0. The number of benzene rings is 1. The molecule has 0 spiro atoms. The maximum absolute atomic E-state index is 12.4. The highest BCUT2D eigenvalue weighted by atomic mass is 19.4. The number of hydrogen-bond donors (Lipinski definition) is 1. The molecule has 8 heteroatoms. The average molecular weight is 354 g/mol. The standard InChI is InChI=1S/C17H21F3N4O/c1-2-23-12-21-9-15(23)10-22-13-6-7-24(11-13)14-4-3-5-16(8-14)25-17(18,19)20/h3-5,8-9,12-13,22H,2,6-7,10-11H2,1H3. The van der Waals surface area contributed by atoms with Crippen LogP contribution >= 0.6 is 0 Å². The van der Waals surface area contributed by atoms with Gasteiger partial charge in [-0.1, -0.05) is 6.07 Å². The summed E-state index contributed by atoms with van der Waals surface area (Å²) in [4.78, 5) is 6.21. The van der Waals surface area contributed by atoms with Crippen molar-refractivity contribution in [3.8, 4) is 5.75 Å². The van der Waals surface area contributed by atoms with Crippen LogP contribution < -0.4 is 15.0 Å². The van der Waals surface area contributed by atoms with Crippen LogP contribution in [0.25, 0.3) is 0 Å². The van der Waals surface area contributed by atoms with Gasteiger partial charge in [0.05, 0.1) is 12.0 Å². The van der Waals surface area contributed by atoms with Crippen molar-refractivity contribution in [2.24, 2.45) is 0 Å². The van der Waals surface area contributed by atoms with Crippen molar-refractivity contribution in [3.05, 3.63) is 42.5 Å². The zero-order chi connectivity index (χ0) is 17.9. The third-order valence-corrected chi connectivity index (χ3v) is 4.32. The Labute approximate surface area is 144 Å². The number of imidazole rings is 1. The van der Waals surface area contributed by atoms with Crippen molar-refractivity contribution in [1.82, 2.24) is 14.9 Å². The molecule has 25 heavy (non-hydrogen) atoms. The fourth-order valence-electron chi connectivity index (χ4n) is 3.07. The van der Waals surface area contributed by atoms with Crippen LogP contribution in [0, 0.1) is 0 Å². The molecule has 5 nitrogen and oxygen atoms in total. The highest BCUT2D eigenvalue weighted by Crippen LogP contribution is 2.28. The number of anilines is 1. The molecule has 1 unspecified atom stereocenters. The Balaban J connectivity index is 1.56. The van der Waals surface area contributed by atoms with Gasteiger partial charge in [-0.15, -0.1) is 13.2 Å². The largest absolute Gasteiger partial charge is 0.573 e. The van der Waals surface area contributed by atoms with Crippen LogP contribution in [0.1, 0.15) is 19.0 Å². The molecule has 3 rings (SSSR count). The van der Waals surface area contributed by atoms with E-state index in [0.717, 1.165) is 44.0 Å². The predicted octanol–water partition coefficient (Wildman–Crippen LogP) is 3.17. The number of hydrogen-bond acceptors (Lipinski definition) is 4. The van der Waals surface area contributed by atoms with E-state index < -0.39 is 6.36 Å². The summed E-state index contributed by atoms with van der Waals surface area (Å²) in [5.74, 6) is -0.187. The summed E-state index contributed by atoms with van der Waals surface area (Å²) in [6.07, 6.45) is -0.0775. The number of nitrogens with one attached hydrogen (secondary N) is 1. The van der Waals surface area contributed by atoms with Crippen LogP contribution in [-0.4, -0.2) is 35.0 Å². The van der Waals surface area contributed by atoms with Crippen molar-refractivity contribution in [2.45, 2.75) is 38.8 Å². The lowest BCUT2D eigenvalue weighted by Gasteiger charge is -2.20. The van der Waals surface area contributed by atoms with Gasteiger partial charge in [0.1, 0.15) is 5.75 Å². The zero-order valence-electron chi connectivity index (χ0n) is 14.0. The minimum absolute atomic E-state index is 0.187. The molecule has 0 saturated carbocycles. The van der Waals surface area contributed by atoms with E-state index in [1.165, 1.54) is 12.1 Å². The summed E-state index contributed by atoms with van der Waals surface area (Å²) in [6.45, 7) is 5.21. The highest BCUT2D eigenvalue weighted by molar-refractivity contribution is 5.51. The maximum Gasteiger partial charge on any atom is 0.573 e. The maximum atomic E-state index is 12.4. The monoisotopic (exact) mass is 354 g/mol. The predicted molar refractivity (Wildman–Crippen MR) is 88.5 cm³/mol. The van der Waals surface area contributed by atoms with Crippen molar-refractivity contribution in [2.75, 3.05) is 18.0 Å². The van der Waals surface area contributed by atoms with Gasteiger partial charge in [0.25, 0.3) is 0 Å². The molecule has 0 aliphatic carbocycles. The van der Waals surface area contributed by atoms with E-state index in [1.807, 2.05) is 12.5 Å². The second-order valence-corrected chi connectivity index (χ2v) is 6.03. The molecule has 1 aromatic carbocycles. The van der Waals surface area contributed by atoms with Gasteiger partial charge in [0.15, 0.2) is 0 Å². The molecular formula is C17H21F3N4O. The average Bonchev–Trinajstić information content (AvgIpc) is 3.20. The molecule has 1 aliphatic rings. The zero-order valence-corrected chi connectivity index (χ0v) is 14.0. The van der Waals surface area contributed by atoms with Gasteiger partial charge in [-0.05, 0) is 25.5 Å². The van der Waals surface area contributed by atoms with E-state index in [1.54, 1.807) is 12.1 Å². The molecule has 0 bridgehead atoms. The van der Waals surface area contributed by atoms with E-state index in [0.29, 0.717) is 0 Å². The normalized spacial score (nSPS) is 17.9. The van der Waals surface area contributed by atoms with Crippen LogP contribution in [0.15, 0.2) is 36.8 Å². The van der Waals surface area contributed by atoms with E-state index in [4.69, 9.17) is 0 Å². The Kier molecular flexibility index (Phi) is 5.17. The fraction of sp³-hybridized carbons (Fsp3) is 0.471. The number of alkyl halides is 3. The highest BCUT2D eigenvalue weighted by Gasteiger charge is 2.31. The molecule has 136 valence electrons. The molecule has 0 radical (unpaired) electrons. The molecule has 1 atom stereocenters. The quantitative estimate of drug-likeness (QED) is 0.865. The van der Waals surface area contributed by atoms with Crippen molar-refractivity contribution >= 4 is 5.69 Å². The van der Waals surface area contributed by atoms with E-state index >= 15 is 0 Å². The third kappa shape index (κ3) is 4.66. The molecule has 1 fully saturated rings. The number of rotatable bonds is 6. The Morgan fingerprint density at radius 2 is 2.20 bits per heavy atom. The lowest BCUT2D eigenvalue weighted by Crippen LogP contribution is -2.32. The number of aromatic nitrogens is 2. The topological polar surface area (TPSA) is 42.3 Å². The first-order valence-electron chi connectivity index (χ1n) is 8.28. The minimum Gasteiger partial charge on any atom is -0.406 e. The molecule has 1 aromatic heterocycles. The van der Waals surface area contributed by atoms with Crippen LogP contribution in [0.5, 0.6) is 5.75 Å². The van der Waals surface area contributed by atoms with Crippen LogP contribution in [0.4, 0.5) is 18.9 Å². The SMILES string of the molecule is CCn1cncc1CNC1CCN(c2cccc(OC(F)(F)F)c2)C1. The van der Waals surface area contributed by atoms with Crippen molar-refractivity contribution < 1.29 is 17.9 Å². The van der Waals surface area contributed by atoms with Crippen molar-refractivity contribution in [1.29, 1.82) is 0 Å². The van der Waals surface area contributed by atoms with Crippen LogP contribution in [-0.2, 0) is 13.1 Å². The number of ether oxygens (including phenoxy) is 1. The van der Waals surface area contributed by atoms with Gasteiger partial charge < -0.3 is 19.5 Å². The van der Waals surface area contributed by atoms with E-state index in [2.05, 4.69) is 31.4 Å². The van der Waals surface area contributed by atoms with E-state index in [9.17, 15) is 13.2 Å². The molecule has 1 saturated heterocycles. The third-order valence-electron chi connectivity index (χ3n) is 4.32. The van der Waals surface area contributed by atoms with Crippen LogP contribution in [0.2, 0.25) is 0 Å². The van der Waals surface area contributed by atoms with Gasteiger partial charge in [0.2, 0.25) is 0 Å². The van der Waals surface area contributed by atoms with Gasteiger partial charge in [0, 0.05) is 50.2 Å². The van der Waals surface area contributed by atoms with Gasteiger partial charge in [-0.25, -0.2) is 4.98 Å². The number of nitrogens with zero attached hydrogens (tertiary/aromatic N) is 3. The molecule has 2 aromatic rings. The molecule has 1 aliphatic heterocycles. The van der Waals surface area contributed by atoms with Crippen LogP contribution in [0.3, 0.4) is 0 Å². The summed E-state index contributed by atoms with van der Waals surface area (Å²) in [5.41, 5.74) is 1.87. The Morgan fingerprint density at radius 1 is 1.36 bits per heavy atom. The first kappa shape index (κ1) is 17.6. The van der Waals surface area contributed by atoms with Crippen molar-refractivity contribution in [3.63, 3.8) is 0 Å². The second-order valence-electron chi connectivity index (χ2n) is 6.03. The van der Waals surface area contributed by atoms with Gasteiger partial charge in [-0.3, -0.25) is 0 Å². The number of halogens is 3. The summed E-state index contributed by atoms with van der Waals surface area (Å²) in [6, 6.07) is 6.42. The lowest BCUT2D eigenvalue weighted by molar-refractivity contribution is -0.274. The van der Waals surface area contributed by atoms with E-state index in [-0.39, 0.29) is 11.8 Å². The molecule has 1 N–H and O–H groups in total. The molecular weight excluding hydrogens is 333 g/mol. The second kappa shape index (κ2) is 7.35. The summed E-state index contributed by atoms with van der Waals surface area (Å²) < 4.78 is 43.1. The number of aryl methyl sites for hydroxylation is 1. The first-order valence-corrected chi connectivity index (χ1v) is 8.28. The Bertz CT molecular complexity index is 701. The smallest absolute Gasteiger partial charge is 0.406 e. The summed E-state index contributed by atoms with van der Waals surface area (Å²) in [7, 11) is 0. The Hall–Kier alpha value is -2.22. The lowest BCUT2D eigenvalue weighted by atomic mass is 10.2. The fourth-order valence-corrected chi connectivity index (χ4v) is 3.07. The Morgan fingerprint density at radius 3 is 2.96 bits per heavy atom. The van der Waals surface area contributed by atoms with Gasteiger partial charge in [-0.2, -0.15) is 0 Å².